The van der Waals surface area contributed by atoms with Crippen LogP contribution in [0.15, 0.2) is 61.6 Å². The highest BCUT2D eigenvalue weighted by Gasteiger charge is 2.17. The zero-order valence-electron chi connectivity index (χ0n) is 20.7. The van der Waals surface area contributed by atoms with Gasteiger partial charge in [-0.25, -0.2) is 23.3 Å². The number of hydrogen-bond acceptors (Lipinski definition) is 8. The van der Waals surface area contributed by atoms with E-state index in [0.717, 1.165) is 55.4 Å². The monoisotopic (exact) mass is 538 g/mol. The van der Waals surface area contributed by atoms with Gasteiger partial charge < -0.3 is 15.5 Å². The third kappa shape index (κ3) is 6.03. The second-order valence-electron chi connectivity index (χ2n) is 8.87. The zero-order valence-corrected chi connectivity index (χ0v) is 21.5. The first-order valence-electron chi connectivity index (χ1n) is 12.3. The molecule has 198 valence electrons. The molecule has 0 atom stereocenters. The van der Waals surface area contributed by atoms with Crippen molar-refractivity contribution in [2.75, 3.05) is 43.0 Å². The molecule has 1 aliphatic rings. The van der Waals surface area contributed by atoms with E-state index in [1.807, 2.05) is 18.2 Å². The molecular weight excluding hydrogens is 510 g/mol. The van der Waals surface area contributed by atoms with Crippen LogP contribution in [0.25, 0.3) is 22.7 Å². The summed E-state index contributed by atoms with van der Waals surface area (Å²) in [4.78, 5) is 15.3. The summed E-state index contributed by atoms with van der Waals surface area (Å²) in [5, 5.41) is 11.2. The summed E-state index contributed by atoms with van der Waals surface area (Å²) in [6.07, 6.45) is 3.40. The molecule has 4 aromatic heterocycles. The lowest BCUT2D eigenvalue weighted by atomic mass is 10.1. The van der Waals surface area contributed by atoms with Gasteiger partial charge in [-0.2, -0.15) is 0 Å². The molecule has 2 N–H and O–H groups in total. The third-order valence-corrected chi connectivity index (χ3v) is 7.55. The molecule has 4 aromatic rings. The average molecular weight is 539 g/mol. The summed E-state index contributed by atoms with van der Waals surface area (Å²) in [6.45, 7) is 7.63. The van der Waals surface area contributed by atoms with Crippen molar-refractivity contribution >= 4 is 33.5 Å². The van der Waals surface area contributed by atoms with E-state index in [-0.39, 0.29) is 17.2 Å². The molecule has 0 saturated carbocycles. The van der Waals surface area contributed by atoms with Crippen LogP contribution in [-0.2, 0) is 10.8 Å². The van der Waals surface area contributed by atoms with Crippen molar-refractivity contribution < 1.29 is 13.0 Å². The Bertz CT molecular complexity index is 1450. The smallest absolute Gasteiger partial charge is 0.280 e. The summed E-state index contributed by atoms with van der Waals surface area (Å²) in [6, 6.07) is 9.91. The number of pyridine rings is 2. The lowest BCUT2D eigenvalue weighted by Crippen LogP contribution is -2.38. The van der Waals surface area contributed by atoms with Crippen LogP contribution in [0.2, 0.25) is 0 Å². The Labute approximate surface area is 221 Å². The minimum atomic E-state index is -2.69. The summed E-state index contributed by atoms with van der Waals surface area (Å²) in [7, 11) is -0.672. The van der Waals surface area contributed by atoms with Gasteiger partial charge in [0.25, 0.3) is 6.43 Å². The molecule has 0 amide bonds. The maximum atomic E-state index is 13.2. The van der Waals surface area contributed by atoms with Crippen molar-refractivity contribution in [2.45, 2.75) is 12.8 Å². The van der Waals surface area contributed by atoms with Crippen molar-refractivity contribution in [3.8, 4) is 11.5 Å². The Morgan fingerprint density at radius 2 is 1.97 bits per heavy atom. The van der Waals surface area contributed by atoms with E-state index in [9.17, 15) is 13.0 Å². The third-order valence-electron chi connectivity index (χ3n) is 6.27. The molecule has 0 radical (unpaired) electrons. The summed E-state index contributed by atoms with van der Waals surface area (Å²) in [5.41, 5.74) is 2.86. The average Bonchev–Trinajstić information content (AvgIpc) is 3.41. The van der Waals surface area contributed by atoms with E-state index >= 15 is 0 Å². The number of nitrogens with one attached hydrogen (secondary N) is 2. The Morgan fingerprint density at radius 1 is 1.13 bits per heavy atom. The molecule has 0 spiro atoms. The fourth-order valence-corrected chi connectivity index (χ4v) is 5.37. The van der Waals surface area contributed by atoms with Gasteiger partial charge in [0.15, 0.2) is 5.82 Å². The van der Waals surface area contributed by atoms with E-state index in [2.05, 4.69) is 42.2 Å². The van der Waals surface area contributed by atoms with E-state index in [0.29, 0.717) is 17.0 Å². The second kappa shape index (κ2) is 11.7. The van der Waals surface area contributed by atoms with Gasteiger partial charge in [0.2, 0.25) is 5.82 Å². The molecule has 5 heterocycles. The van der Waals surface area contributed by atoms with Gasteiger partial charge >= 0.3 is 0 Å². The highest BCUT2D eigenvalue weighted by molar-refractivity contribution is 7.85. The molecule has 0 aromatic carbocycles. The van der Waals surface area contributed by atoms with E-state index in [1.54, 1.807) is 29.2 Å². The predicted octanol–water partition coefficient (Wildman–Crippen LogP) is 3.88. The van der Waals surface area contributed by atoms with Crippen LogP contribution in [0.5, 0.6) is 0 Å². The lowest BCUT2D eigenvalue weighted by Gasteiger charge is -2.26. The van der Waals surface area contributed by atoms with Gasteiger partial charge in [-0.05, 0) is 43.3 Å². The Morgan fingerprint density at radius 3 is 2.79 bits per heavy atom. The zero-order chi connectivity index (χ0) is 26.5. The van der Waals surface area contributed by atoms with Crippen molar-refractivity contribution in [3.05, 3.63) is 72.8 Å². The number of rotatable bonds is 10. The van der Waals surface area contributed by atoms with Gasteiger partial charge in [0.1, 0.15) is 16.9 Å². The first kappa shape index (κ1) is 25.9. The molecule has 0 bridgehead atoms. The van der Waals surface area contributed by atoms with Crippen LogP contribution in [0.3, 0.4) is 0 Å². The van der Waals surface area contributed by atoms with Crippen LogP contribution in [-0.4, -0.2) is 71.4 Å². The van der Waals surface area contributed by atoms with Crippen molar-refractivity contribution in [3.63, 3.8) is 0 Å². The van der Waals surface area contributed by atoms with Crippen LogP contribution < -0.4 is 10.6 Å². The fourth-order valence-electron chi connectivity index (χ4n) is 4.24. The van der Waals surface area contributed by atoms with E-state index in [1.165, 1.54) is 12.1 Å². The molecule has 12 heteroatoms. The minimum absolute atomic E-state index is 0.216. The minimum Gasteiger partial charge on any atom is -0.385 e. The Hall–Kier alpha value is -3.77. The highest BCUT2D eigenvalue weighted by Crippen LogP contribution is 2.28. The molecule has 38 heavy (non-hydrogen) atoms. The standard InChI is InChI=1S/C26H28F2N8OS/c1-18(30-9-4-11-35-13-15-38(37)16-14-35)19-17-29-10-8-20(19)32-26-23-7-3-12-36(23)34-25(33-26)22-6-2-5-21(31-22)24(27)28/h2-3,5-8,10,12,17,24,30H,1,4,9,11,13-16H2,(H,29,32,33,34). The summed E-state index contributed by atoms with van der Waals surface area (Å²) < 4.78 is 39.6. The Kier molecular flexibility index (Phi) is 7.99. The van der Waals surface area contributed by atoms with Crippen LogP contribution in [0, 0.1) is 0 Å². The Balaban J connectivity index is 1.32. The van der Waals surface area contributed by atoms with Gasteiger partial charge in [-0.1, -0.05) is 12.6 Å². The number of nitrogens with zero attached hydrogens (tertiary/aromatic N) is 6. The van der Waals surface area contributed by atoms with Crippen molar-refractivity contribution in [1.29, 1.82) is 0 Å². The molecule has 0 unspecified atom stereocenters. The summed E-state index contributed by atoms with van der Waals surface area (Å²) >= 11 is 0. The molecule has 5 rings (SSSR count). The number of aromatic nitrogens is 5. The number of hydrogen-bond donors (Lipinski definition) is 2. The van der Waals surface area contributed by atoms with Crippen LogP contribution in [0.4, 0.5) is 20.3 Å². The topological polar surface area (TPSA) is 100 Å². The SMILES string of the molecule is C=C(NCCCN1CCS(=O)CC1)c1cnccc1Nc1nc(-c2cccc(C(F)F)n2)nn2cccc12. The van der Waals surface area contributed by atoms with Crippen LogP contribution in [0.1, 0.15) is 24.1 Å². The van der Waals surface area contributed by atoms with E-state index in [4.69, 9.17) is 0 Å². The fraction of sp³-hybridized carbons (Fsp3) is 0.308. The van der Waals surface area contributed by atoms with Gasteiger partial charge in [0.05, 0.1) is 5.69 Å². The molecule has 1 fully saturated rings. The number of fused-ring (bicyclic) bond motifs is 1. The second-order valence-corrected chi connectivity index (χ2v) is 10.6. The van der Waals surface area contributed by atoms with Crippen molar-refractivity contribution in [1.82, 2.24) is 34.8 Å². The largest absolute Gasteiger partial charge is 0.385 e. The van der Waals surface area contributed by atoms with Gasteiger partial charge in [-0.15, -0.1) is 5.10 Å². The quantitative estimate of drug-likeness (QED) is 0.294. The highest BCUT2D eigenvalue weighted by atomic mass is 32.2. The number of alkyl halides is 2. The molecule has 1 aliphatic heterocycles. The molecular formula is C26H28F2N8OS. The normalized spacial score (nSPS) is 14.7. The first-order valence-corrected chi connectivity index (χ1v) is 13.8. The number of halogens is 2. The van der Waals surface area contributed by atoms with E-state index < -0.39 is 17.2 Å². The van der Waals surface area contributed by atoms with Gasteiger partial charge in [0, 0.05) is 71.8 Å². The first-order chi connectivity index (χ1) is 18.5. The molecule has 9 nitrogen and oxygen atoms in total. The van der Waals surface area contributed by atoms with Crippen molar-refractivity contribution in [2.24, 2.45) is 0 Å². The van der Waals surface area contributed by atoms with Crippen LogP contribution >= 0.6 is 0 Å². The summed E-state index contributed by atoms with van der Waals surface area (Å²) in [5.74, 6) is 2.20. The maximum Gasteiger partial charge on any atom is 0.280 e. The van der Waals surface area contributed by atoms with Gasteiger partial charge in [-0.3, -0.25) is 9.19 Å². The number of anilines is 2. The molecule has 0 aliphatic carbocycles. The lowest BCUT2D eigenvalue weighted by molar-refractivity contribution is 0.146. The molecule has 1 saturated heterocycles. The maximum absolute atomic E-state index is 13.2. The predicted molar refractivity (Wildman–Crippen MR) is 145 cm³/mol.